The summed E-state index contributed by atoms with van der Waals surface area (Å²) in [5.41, 5.74) is -0.0391. The molecule has 4 rings (SSSR count). The lowest BCUT2D eigenvalue weighted by atomic mass is 9.85. The van der Waals surface area contributed by atoms with E-state index >= 15 is 0 Å². The zero-order valence-corrected chi connectivity index (χ0v) is 15.8. The Labute approximate surface area is 157 Å². The number of piperidine rings is 1. The highest BCUT2D eigenvalue weighted by atomic mass is 35.5. The maximum absolute atomic E-state index is 12.6. The molecule has 0 bridgehead atoms. The second-order valence-corrected chi connectivity index (χ2v) is 8.11. The Hall–Kier alpha value is -1.44. The molecule has 2 aromatic heterocycles. The lowest BCUT2D eigenvalue weighted by molar-refractivity contribution is -0.127. The monoisotopic (exact) mass is 382 g/mol. The van der Waals surface area contributed by atoms with Crippen molar-refractivity contribution in [3.05, 3.63) is 34.1 Å². The topological polar surface area (TPSA) is 80.1 Å². The van der Waals surface area contributed by atoms with E-state index in [0.717, 1.165) is 32.4 Å². The van der Waals surface area contributed by atoms with Gasteiger partial charge in [-0.2, -0.15) is 4.98 Å². The van der Waals surface area contributed by atoms with Crippen molar-refractivity contribution in [2.24, 2.45) is 10.8 Å². The van der Waals surface area contributed by atoms with Gasteiger partial charge in [0.15, 0.2) is 5.82 Å². The summed E-state index contributed by atoms with van der Waals surface area (Å²) in [6.45, 7) is 4.45. The Bertz CT molecular complexity index is 727. The van der Waals surface area contributed by atoms with E-state index in [9.17, 15) is 4.79 Å². The van der Waals surface area contributed by atoms with Crippen molar-refractivity contribution >= 4 is 29.7 Å². The van der Waals surface area contributed by atoms with Crippen LogP contribution in [0, 0.1) is 10.8 Å². The van der Waals surface area contributed by atoms with Crippen LogP contribution in [0.3, 0.4) is 0 Å². The van der Waals surface area contributed by atoms with Crippen LogP contribution in [0.25, 0.3) is 0 Å². The van der Waals surface area contributed by atoms with Gasteiger partial charge in [-0.25, -0.2) is 0 Å². The molecule has 1 saturated heterocycles. The Kier molecular flexibility index (Phi) is 5.18. The third kappa shape index (κ3) is 3.45. The molecule has 1 atom stereocenters. The third-order valence-electron chi connectivity index (χ3n) is 5.62. The molecule has 8 heteroatoms. The SMILES string of the molecule is CC1(C(=O)NCc2noc(Cc3cccs3)n2)CC12CCNCC2.Cl. The van der Waals surface area contributed by atoms with Crippen LogP contribution in [0.5, 0.6) is 0 Å². The van der Waals surface area contributed by atoms with Crippen LogP contribution in [0.4, 0.5) is 0 Å². The fourth-order valence-corrected chi connectivity index (χ4v) is 4.63. The molecule has 1 aliphatic heterocycles. The zero-order chi connectivity index (χ0) is 16.6. The molecule has 1 spiro atoms. The van der Waals surface area contributed by atoms with Gasteiger partial charge in [0.05, 0.1) is 18.4 Å². The van der Waals surface area contributed by atoms with Gasteiger partial charge in [0.1, 0.15) is 0 Å². The van der Waals surface area contributed by atoms with Crippen LogP contribution in [0.2, 0.25) is 0 Å². The van der Waals surface area contributed by atoms with Gasteiger partial charge in [0, 0.05) is 4.88 Å². The predicted molar refractivity (Wildman–Crippen MR) is 97.8 cm³/mol. The highest BCUT2D eigenvalue weighted by molar-refractivity contribution is 7.09. The minimum Gasteiger partial charge on any atom is -0.348 e. The van der Waals surface area contributed by atoms with Crippen molar-refractivity contribution in [1.29, 1.82) is 0 Å². The van der Waals surface area contributed by atoms with Gasteiger partial charge in [-0.1, -0.05) is 18.1 Å². The van der Waals surface area contributed by atoms with E-state index in [1.54, 1.807) is 11.3 Å². The van der Waals surface area contributed by atoms with E-state index < -0.39 is 0 Å². The highest BCUT2D eigenvalue weighted by Crippen LogP contribution is 2.68. The standard InChI is InChI=1S/C17H22N4O2S.ClH/c1-16(11-17(16)4-6-18-7-5-17)15(22)19-10-13-20-14(23-21-13)9-12-3-2-8-24-12;/h2-3,8,18H,4-7,9-11H2,1H3,(H,19,22);1H. The average Bonchev–Trinajstić information content (AvgIpc) is 3.03. The predicted octanol–water partition coefficient (Wildman–Crippen LogP) is 2.54. The van der Waals surface area contributed by atoms with E-state index in [0.29, 0.717) is 24.7 Å². The van der Waals surface area contributed by atoms with Crippen LogP contribution in [-0.2, 0) is 17.8 Å². The van der Waals surface area contributed by atoms with Crippen molar-refractivity contribution < 1.29 is 9.32 Å². The van der Waals surface area contributed by atoms with Crippen molar-refractivity contribution in [2.45, 2.75) is 39.2 Å². The second kappa shape index (κ2) is 7.05. The lowest BCUT2D eigenvalue weighted by Crippen LogP contribution is -2.38. The molecule has 6 nitrogen and oxygen atoms in total. The molecule has 2 aliphatic rings. The Morgan fingerprint density at radius 1 is 1.44 bits per heavy atom. The number of hydrogen-bond donors (Lipinski definition) is 2. The van der Waals surface area contributed by atoms with Gasteiger partial charge >= 0.3 is 0 Å². The Balaban J connectivity index is 0.00000182. The molecule has 2 aromatic rings. The van der Waals surface area contributed by atoms with Crippen LogP contribution >= 0.6 is 23.7 Å². The molecular weight excluding hydrogens is 360 g/mol. The molecule has 2 fully saturated rings. The average molecular weight is 383 g/mol. The first kappa shape index (κ1) is 18.4. The first-order chi connectivity index (χ1) is 11.6. The number of thiophene rings is 1. The first-order valence-corrected chi connectivity index (χ1v) is 9.32. The van der Waals surface area contributed by atoms with Crippen molar-refractivity contribution in [1.82, 2.24) is 20.8 Å². The van der Waals surface area contributed by atoms with Crippen LogP contribution in [-0.4, -0.2) is 29.1 Å². The number of nitrogens with one attached hydrogen (secondary N) is 2. The maximum Gasteiger partial charge on any atom is 0.231 e. The molecular formula is C17H23ClN4O2S. The Morgan fingerprint density at radius 3 is 2.96 bits per heavy atom. The number of halogens is 1. The number of aromatic nitrogens is 2. The number of rotatable bonds is 5. The summed E-state index contributed by atoms with van der Waals surface area (Å²) < 4.78 is 5.27. The molecule has 1 aliphatic carbocycles. The van der Waals surface area contributed by atoms with Gasteiger partial charge in [0.2, 0.25) is 11.8 Å². The summed E-state index contributed by atoms with van der Waals surface area (Å²) >= 11 is 1.67. The minimum atomic E-state index is -0.237. The maximum atomic E-state index is 12.6. The summed E-state index contributed by atoms with van der Waals surface area (Å²) in [4.78, 5) is 18.2. The molecule has 1 saturated carbocycles. The van der Waals surface area contributed by atoms with Gasteiger partial charge in [-0.3, -0.25) is 4.79 Å². The van der Waals surface area contributed by atoms with Crippen LogP contribution < -0.4 is 10.6 Å². The van der Waals surface area contributed by atoms with E-state index in [1.807, 2.05) is 17.5 Å². The van der Waals surface area contributed by atoms with E-state index in [1.165, 1.54) is 4.88 Å². The minimum absolute atomic E-state index is 0. The summed E-state index contributed by atoms with van der Waals surface area (Å²) in [6.07, 6.45) is 3.81. The molecule has 2 N–H and O–H groups in total. The lowest BCUT2D eigenvalue weighted by Gasteiger charge is -2.27. The molecule has 1 amide bonds. The largest absolute Gasteiger partial charge is 0.348 e. The normalized spacial score (nSPS) is 23.9. The summed E-state index contributed by atoms with van der Waals surface area (Å²) in [6, 6.07) is 4.05. The number of nitrogens with zero attached hydrogens (tertiary/aromatic N) is 2. The van der Waals surface area contributed by atoms with Gasteiger partial charge in [-0.05, 0) is 49.2 Å². The summed E-state index contributed by atoms with van der Waals surface area (Å²) in [5, 5.41) is 12.4. The van der Waals surface area contributed by atoms with E-state index in [2.05, 4.69) is 27.7 Å². The second-order valence-electron chi connectivity index (χ2n) is 7.08. The highest BCUT2D eigenvalue weighted by Gasteiger charge is 2.67. The van der Waals surface area contributed by atoms with E-state index in [4.69, 9.17) is 4.52 Å². The number of carbonyl (C=O) groups excluding carboxylic acids is 1. The fraction of sp³-hybridized carbons (Fsp3) is 0.588. The summed E-state index contributed by atoms with van der Waals surface area (Å²) in [5.74, 6) is 1.25. The van der Waals surface area contributed by atoms with Crippen LogP contribution in [0.1, 0.15) is 42.8 Å². The molecule has 1 unspecified atom stereocenters. The number of carbonyl (C=O) groups is 1. The van der Waals surface area contributed by atoms with Crippen molar-refractivity contribution in [3.8, 4) is 0 Å². The van der Waals surface area contributed by atoms with Gasteiger partial charge < -0.3 is 15.2 Å². The molecule has 25 heavy (non-hydrogen) atoms. The zero-order valence-electron chi connectivity index (χ0n) is 14.2. The summed E-state index contributed by atoms with van der Waals surface area (Å²) in [7, 11) is 0. The first-order valence-electron chi connectivity index (χ1n) is 8.44. The molecule has 3 heterocycles. The molecule has 0 radical (unpaired) electrons. The van der Waals surface area contributed by atoms with Crippen molar-refractivity contribution in [2.75, 3.05) is 13.1 Å². The van der Waals surface area contributed by atoms with Gasteiger partial charge in [0.25, 0.3) is 0 Å². The fourth-order valence-electron chi connectivity index (χ4n) is 3.94. The Morgan fingerprint density at radius 2 is 2.24 bits per heavy atom. The smallest absolute Gasteiger partial charge is 0.231 e. The van der Waals surface area contributed by atoms with E-state index in [-0.39, 0.29) is 29.1 Å². The van der Waals surface area contributed by atoms with Gasteiger partial charge in [-0.15, -0.1) is 23.7 Å². The molecule has 136 valence electrons. The third-order valence-corrected chi connectivity index (χ3v) is 6.50. The molecule has 0 aromatic carbocycles. The quantitative estimate of drug-likeness (QED) is 0.830. The van der Waals surface area contributed by atoms with Crippen molar-refractivity contribution in [3.63, 3.8) is 0 Å². The number of hydrogen-bond acceptors (Lipinski definition) is 6. The van der Waals surface area contributed by atoms with Crippen LogP contribution in [0.15, 0.2) is 22.0 Å². The number of amides is 1.